The van der Waals surface area contributed by atoms with Gasteiger partial charge in [0.05, 0.1) is 0 Å². The van der Waals surface area contributed by atoms with Crippen LogP contribution in [0.5, 0.6) is 0 Å². The molecular formula is C12H12N4O2. The molecule has 2 N–H and O–H groups in total. The molecule has 0 aliphatic heterocycles. The van der Waals surface area contributed by atoms with Crippen LogP contribution in [0.2, 0.25) is 0 Å². The van der Waals surface area contributed by atoms with Crippen molar-refractivity contribution >= 4 is 11.8 Å². The molecule has 0 aliphatic rings. The van der Waals surface area contributed by atoms with E-state index in [0.29, 0.717) is 18.2 Å². The predicted molar refractivity (Wildman–Crippen MR) is 65.3 cm³/mol. The summed E-state index contributed by atoms with van der Waals surface area (Å²) in [6.07, 6.45) is 3.43. The van der Waals surface area contributed by atoms with Crippen molar-refractivity contribution in [2.75, 3.05) is 5.32 Å². The lowest BCUT2D eigenvalue weighted by Gasteiger charge is -2.06. The Hall–Kier alpha value is -2.50. The standard InChI is InChI=1S/C12H12N4O2/c1-8-15-10(12(17)18)5-11(16-8)14-7-9-3-2-4-13-6-9/h2-6H,7H2,1H3,(H,17,18)(H,14,15,16). The van der Waals surface area contributed by atoms with Gasteiger partial charge in [0.25, 0.3) is 0 Å². The van der Waals surface area contributed by atoms with Crippen LogP contribution in [0.1, 0.15) is 21.9 Å². The molecule has 92 valence electrons. The maximum Gasteiger partial charge on any atom is 0.354 e. The Kier molecular flexibility index (Phi) is 3.47. The molecule has 0 saturated carbocycles. The minimum absolute atomic E-state index is 0.0174. The van der Waals surface area contributed by atoms with Crippen molar-refractivity contribution in [2.45, 2.75) is 13.5 Å². The van der Waals surface area contributed by atoms with E-state index in [1.54, 1.807) is 19.3 Å². The first-order chi connectivity index (χ1) is 8.65. The number of carboxylic acid groups (broad SMARTS) is 1. The normalized spacial score (nSPS) is 10.1. The summed E-state index contributed by atoms with van der Waals surface area (Å²) < 4.78 is 0. The molecule has 6 nitrogen and oxygen atoms in total. The van der Waals surface area contributed by atoms with E-state index in [1.165, 1.54) is 6.07 Å². The molecule has 0 aliphatic carbocycles. The number of hydrogen-bond acceptors (Lipinski definition) is 5. The second-order valence-corrected chi connectivity index (χ2v) is 3.71. The molecule has 0 bridgehead atoms. The average molecular weight is 244 g/mol. The van der Waals surface area contributed by atoms with Crippen LogP contribution in [0, 0.1) is 6.92 Å². The number of nitrogens with one attached hydrogen (secondary N) is 1. The van der Waals surface area contributed by atoms with E-state index in [4.69, 9.17) is 5.11 Å². The molecule has 0 aromatic carbocycles. The molecule has 18 heavy (non-hydrogen) atoms. The van der Waals surface area contributed by atoms with Crippen LogP contribution in [-0.2, 0) is 6.54 Å². The summed E-state index contributed by atoms with van der Waals surface area (Å²) in [4.78, 5) is 22.8. The molecular weight excluding hydrogens is 232 g/mol. The number of carboxylic acids is 1. The molecule has 0 fully saturated rings. The second kappa shape index (κ2) is 5.22. The number of nitrogens with zero attached hydrogens (tertiary/aromatic N) is 3. The third-order valence-corrected chi connectivity index (χ3v) is 2.25. The van der Waals surface area contributed by atoms with Gasteiger partial charge < -0.3 is 10.4 Å². The average Bonchev–Trinajstić information content (AvgIpc) is 2.37. The van der Waals surface area contributed by atoms with E-state index in [-0.39, 0.29) is 5.69 Å². The summed E-state index contributed by atoms with van der Waals surface area (Å²) >= 11 is 0. The Labute approximate surface area is 104 Å². The molecule has 0 amide bonds. The second-order valence-electron chi connectivity index (χ2n) is 3.71. The molecule has 2 aromatic heterocycles. The molecule has 2 heterocycles. The Bertz CT molecular complexity index is 557. The van der Waals surface area contributed by atoms with E-state index in [0.717, 1.165) is 5.56 Å². The summed E-state index contributed by atoms with van der Waals surface area (Å²) in [5.74, 6) is -0.155. The zero-order valence-electron chi connectivity index (χ0n) is 9.79. The fraction of sp³-hybridized carbons (Fsp3) is 0.167. The van der Waals surface area contributed by atoms with Gasteiger partial charge in [0.15, 0.2) is 5.69 Å². The summed E-state index contributed by atoms with van der Waals surface area (Å²) in [5, 5.41) is 11.9. The van der Waals surface area contributed by atoms with Crippen LogP contribution in [0.4, 0.5) is 5.82 Å². The highest BCUT2D eigenvalue weighted by Crippen LogP contribution is 2.08. The van der Waals surface area contributed by atoms with Gasteiger partial charge in [0.2, 0.25) is 0 Å². The van der Waals surface area contributed by atoms with E-state index in [1.807, 2.05) is 12.1 Å². The van der Waals surface area contributed by atoms with Crippen molar-refractivity contribution in [3.63, 3.8) is 0 Å². The zero-order valence-corrected chi connectivity index (χ0v) is 9.79. The number of anilines is 1. The van der Waals surface area contributed by atoms with Gasteiger partial charge in [-0.1, -0.05) is 6.07 Å². The van der Waals surface area contributed by atoms with Crippen molar-refractivity contribution in [2.24, 2.45) is 0 Å². The summed E-state index contributed by atoms with van der Waals surface area (Å²) in [5.41, 5.74) is 0.974. The molecule has 2 rings (SSSR count). The van der Waals surface area contributed by atoms with E-state index < -0.39 is 5.97 Å². The van der Waals surface area contributed by atoms with Crippen LogP contribution in [0.15, 0.2) is 30.6 Å². The van der Waals surface area contributed by atoms with Crippen molar-refractivity contribution in [3.05, 3.63) is 47.7 Å². The lowest BCUT2D eigenvalue weighted by atomic mass is 10.3. The Morgan fingerprint density at radius 3 is 2.94 bits per heavy atom. The number of rotatable bonds is 4. The highest BCUT2D eigenvalue weighted by molar-refractivity contribution is 5.86. The predicted octanol–water partition coefficient (Wildman–Crippen LogP) is 1.49. The Morgan fingerprint density at radius 2 is 2.28 bits per heavy atom. The van der Waals surface area contributed by atoms with Gasteiger partial charge >= 0.3 is 5.97 Å². The number of carbonyl (C=O) groups is 1. The monoisotopic (exact) mass is 244 g/mol. The van der Waals surface area contributed by atoms with Gasteiger partial charge in [-0.15, -0.1) is 0 Å². The molecule has 0 spiro atoms. The highest BCUT2D eigenvalue weighted by Gasteiger charge is 2.08. The third-order valence-electron chi connectivity index (χ3n) is 2.25. The summed E-state index contributed by atoms with van der Waals surface area (Å²) in [7, 11) is 0. The smallest absolute Gasteiger partial charge is 0.354 e. The van der Waals surface area contributed by atoms with Crippen molar-refractivity contribution in [1.82, 2.24) is 15.0 Å². The number of hydrogen-bond donors (Lipinski definition) is 2. The number of pyridine rings is 1. The lowest BCUT2D eigenvalue weighted by Crippen LogP contribution is -2.08. The minimum atomic E-state index is -1.06. The van der Waals surface area contributed by atoms with Gasteiger partial charge in [-0.05, 0) is 18.6 Å². The first-order valence-corrected chi connectivity index (χ1v) is 5.37. The first kappa shape index (κ1) is 12.0. The topological polar surface area (TPSA) is 88.0 Å². The van der Waals surface area contributed by atoms with Crippen LogP contribution in [-0.4, -0.2) is 26.0 Å². The van der Waals surface area contributed by atoms with Crippen molar-refractivity contribution in [1.29, 1.82) is 0 Å². The number of aryl methyl sites for hydroxylation is 1. The quantitative estimate of drug-likeness (QED) is 0.847. The summed E-state index contributed by atoms with van der Waals surface area (Å²) in [6, 6.07) is 5.17. The van der Waals surface area contributed by atoms with E-state index in [2.05, 4.69) is 20.3 Å². The van der Waals surface area contributed by atoms with Crippen molar-refractivity contribution < 1.29 is 9.90 Å². The largest absolute Gasteiger partial charge is 0.477 e. The van der Waals surface area contributed by atoms with Gasteiger partial charge in [-0.25, -0.2) is 14.8 Å². The van der Waals surface area contributed by atoms with Crippen LogP contribution >= 0.6 is 0 Å². The van der Waals surface area contributed by atoms with Crippen LogP contribution in [0.3, 0.4) is 0 Å². The fourth-order valence-electron chi connectivity index (χ4n) is 1.46. The fourth-order valence-corrected chi connectivity index (χ4v) is 1.46. The molecule has 0 radical (unpaired) electrons. The number of aromatic carboxylic acids is 1. The Morgan fingerprint density at radius 1 is 1.44 bits per heavy atom. The minimum Gasteiger partial charge on any atom is -0.477 e. The SMILES string of the molecule is Cc1nc(NCc2cccnc2)cc(C(=O)O)n1. The molecule has 6 heteroatoms. The number of aromatic nitrogens is 3. The lowest BCUT2D eigenvalue weighted by molar-refractivity contribution is 0.0690. The molecule has 0 saturated heterocycles. The maximum atomic E-state index is 10.9. The van der Waals surface area contributed by atoms with Crippen molar-refractivity contribution in [3.8, 4) is 0 Å². The van der Waals surface area contributed by atoms with Gasteiger partial charge in [0, 0.05) is 25.0 Å². The Balaban J connectivity index is 2.12. The molecule has 0 unspecified atom stereocenters. The van der Waals surface area contributed by atoms with Crippen LogP contribution in [0.25, 0.3) is 0 Å². The van der Waals surface area contributed by atoms with E-state index in [9.17, 15) is 4.79 Å². The molecule has 2 aromatic rings. The maximum absolute atomic E-state index is 10.9. The van der Waals surface area contributed by atoms with Gasteiger partial charge in [-0.3, -0.25) is 4.98 Å². The third kappa shape index (κ3) is 3.00. The van der Waals surface area contributed by atoms with E-state index >= 15 is 0 Å². The molecule has 0 atom stereocenters. The van der Waals surface area contributed by atoms with Crippen LogP contribution < -0.4 is 5.32 Å². The zero-order chi connectivity index (χ0) is 13.0. The highest BCUT2D eigenvalue weighted by atomic mass is 16.4. The van der Waals surface area contributed by atoms with Gasteiger partial charge in [-0.2, -0.15) is 0 Å². The van der Waals surface area contributed by atoms with Gasteiger partial charge in [0.1, 0.15) is 11.6 Å². The summed E-state index contributed by atoms with van der Waals surface area (Å²) in [6.45, 7) is 2.19. The first-order valence-electron chi connectivity index (χ1n) is 5.37.